The summed E-state index contributed by atoms with van der Waals surface area (Å²) in [6.45, 7) is 0. The van der Waals surface area contributed by atoms with Gasteiger partial charge in [-0.25, -0.2) is 0 Å². The summed E-state index contributed by atoms with van der Waals surface area (Å²) in [6.07, 6.45) is 3.51. The number of aromatic nitrogens is 1. The molecule has 0 bridgehead atoms. The third-order valence-corrected chi connectivity index (χ3v) is 2.81. The Kier molecular flexibility index (Phi) is 3.57. The summed E-state index contributed by atoms with van der Waals surface area (Å²) in [6, 6.07) is 3.84. The molecule has 13 heavy (non-hydrogen) atoms. The van der Waals surface area contributed by atoms with E-state index < -0.39 is 0 Å². The molecule has 1 aromatic heterocycles. The van der Waals surface area contributed by atoms with Gasteiger partial charge in [-0.1, -0.05) is 6.07 Å². The first-order valence-electron chi connectivity index (χ1n) is 3.67. The second-order valence-electron chi connectivity index (χ2n) is 2.54. The number of carbonyl (C=O) groups is 1. The van der Waals surface area contributed by atoms with Gasteiger partial charge in [-0.2, -0.15) is 0 Å². The molecule has 0 aromatic carbocycles. The summed E-state index contributed by atoms with van der Waals surface area (Å²) in [7, 11) is 0. The Morgan fingerprint density at radius 3 is 3.00 bits per heavy atom. The zero-order chi connectivity index (χ0) is 8.39. The van der Waals surface area contributed by atoms with Crippen molar-refractivity contribution in [3.05, 3.63) is 30.1 Å². The maximum Gasteiger partial charge on any atom is 0.231 e. The van der Waals surface area contributed by atoms with Crippen LogP contribution in [0.2, 0.25) is 0 Å². The summed E-state index contributed by atoms with van der Waals surface area (Å²) in [5.41, 5.74) is 1.06. The number of thioether (sulfide) groups is 1. The van der Waals surface area contributed by atoms with E-state index in [2.05, 4.69) is 10.3 Å². The highest BCUT2D eigenvalue weighted by atomic mass is 35.5. The second-order valence-corrected chi connectivity index (χ2v) is 3.64. The van der Waals surface area contributed by atoms with Crippen LogP contribution in [-0.2, 0) is 4.79 Å². The zero-order valence-corrected chi connectivity index (χ0v) is 8.40. The van der Waals surface area contributed by atoms with Gasteiger partial charge in [0.05, 0.1) is 5.75 Å². The normalized spacial score (nSPS) is 20.6. The largest absolute Gasteiger partial charge is 0.339 e. The molecule has 2 rings (SSSR count). The van der Waals surface area contributed by atoms with Gasteiger partial charge in [-0.3, -0.25) is 9.78 Å². The van der Waals surface area contributed by atoms with Crippen LogP contribution in [0, 0.1) is 0 Å². The van der Waals surface area contributed by atoms with Crippen molar-refractivity contribution < 1.29 is 4.79 Å². The number of hydrogen-bond acceptors (Lipinski definition) is 3. The van der Waals surface area contributed by atoms with E-state index >= 15 is 0 Å². The van der Waals surface area contributed by atoms with Gasteiger partial charge < -0.3 is 5.32 Å². The molecule has 70 valence electrons. The van der Waals surface area contributed by atoms with E-state index in [0.717, 1.165) is 5.56 Å². The molecule has 5 heteroatoms. The Hall–Kier alpha value is -0.740. The second kappa shape index (κ2) is 4.48. The number of hydrogen-bond donors (Lipinski definition) is 1. The molecule has 1 fully saturated rings. The van der Waals surface area contributed by atoms with Crippen molar-refractivity contribution in [3.8, 4) is 0 Å². The molecule has 1 aromatic rings. The van der Waals surface area contributed by atoms with Gasteiger partial charge in [0, 0.05) is 18.0 Å². The van der Waals surface area contributed by atoms with E-state index in [1.807, 2.05) is 12.1 Å². The van der Waals surface area contributed by atoms with Crippen LogP contribution in [0.4, 0.5) is 0 Å². The summed E-state index contributed by atoms with van der Waals surface area (Å²) in [5, 5.41) is 2.96. The molecule has 0 aliphatic carbocycles. The van der Waals surface area contributed by atoms with Crippen LogP contribution < -0.4 is 5.32 Å². The first-order chi connectivity index (χ1) is 5.86. The van der Waals surface area contributed by atoms with Gasteiger partial charge >= 0.3 is 0 Å². The predicted octanol–water partition coefficient (Wildman–Crippen LogP) is 1.36. The van der Waals surface area contributed by atoms with Crippen LogP contribution in [-0.4, -0.2) is 16.6 Å². The fourth-order valence-electron chi connectivity index (χ4n) is 1.10. The SMILES string of the molecule is Cl.O=C1CSC(c2cccnc2)N1. The van der Waals surface area contributed by atoms with Crippen LogP contribution in [0.1, 0.15) is 10.9 Å². The average molecular weight is 217 g/mol. The lowest BCUT2D eigenvalue weighted by Crippen LogP contribution is -2.18. The maximum atomic E-state index is 10.9. The highest BCUT2D eigenvalue weighted by molar-refractivity contribution is 8.00. The molecule has 1 unspecified atom stereocenters. The lowest BCUT2D eigenvalue weighted by atomic mass is 10.3. The number of amides is 1. The number of nitrogens with one attached hydrogen (secondary N) is 1. The number of nitrogens with zero attached hydrogens (tertiary/aromatic N) is 1. The minimum absolute atomic E-state index is 0. The van der Waals surface area contributed by atoms with Gasteiger partial charge in [0.2, 0.25) is 5.91 Å². The molecule has 3 nitrogen and oxygen atoms in total. The molecule has 1 aliphatic heterocycles. The Labute approximate surface area is 86.7 Å². The van der Waals surface area contributed by atoms with Crippen LogP contribution in [0.25, 0.3) is 0 Å². The molecule has 2 heterocycles. The Balaban J connectivity index is 0.000000845. The van der Waals surface area contributed by atoms with Crippen LogP contribution in [0.5, 0.6) is 0 Å². The summed E-state index contributed by atoms with van der Waals surface area (Å²) in [4.78, 5) is 14.9. The number of halogens is 1. The highest BCUT2D eigenvalue weighted by Crippen LogP contribution is 2.29. The zero-order valence-electron chi connectivity index (χ0n) is 6.77. The molecule has 0 saturated carbocycles. The predicted molar refractivity (Wildman–Crippen MR) is 54.8 cm³/mol. The summed E-state index contributed by atoms with van der Waals surface area (Å²) < 4.78 is 0. The van der Waals surface area contributed by atoms with Crippen molar-refractivity contribution in [2.45, 2.75) is 5.37 Å². The maximum absolute atomic E-state index is 10.9. The number of carbonyl (C=O) groups excluding carboxylic acids is 1. The van der Waals surface area contributed by atoms with E-state index in [4.69, 9.17) is 0 Å². The van der Waals surface area contributed by atoms with E-state index in [1.54, 1.807) is 24.2 Å². The van der Waals surface area contributed by atoms with E-state index in [-0.39, 0.29) is 23.7 Å². The smallest absolute Gasteiger partial charge is 0.231 e. The van der Waals surface area contributed by atoms with E-state index in [0.29, 0.717) is 5.75 Å². The van der Waals surface area contributed by atoms with Crippen molar-refractivity contribution in [1.82, 2.24) is 10.3 Å². The summed E-state index contributed by atoms with van der Waals surface area (Å²) >= 11 is 1.60. The Bertz CT molecular complexity index is 293. The van der Waals surface area contributed by atoms with Crippen LogP contribution >= 0.6 is 24.2 Å². The van der Waals surface area contributed by atoms with Gasteiger partial charge in [0.25, 0.3) is 0 Å². The van der Waals surface area contributed by atoms with Gasteiger partial charge in [0.1, 0.15) is 5.37 Å². The lowest BCUT2D eigenvalue weighted by molar-refractivity contribution is -0.118. The Morgan fingerprint density at radius 2 is 2.46 bits per heavy atom. The van der Waals surface area contributed by atoms with Crippen molar-refractivity contribution in [2.75, 3.05) is 5.75 Å². The molecule has 1 saturated heterocycles. The Morgan fingerprint density at radius 1 is 1.62 bits per heavy atom. The van der Waals surface area contributed by atoms with E-state index in [1.165, 1.54) is 0 Å². The molecule has 1 N–H and O–H groups in total. The highest BCUT2D eigenvalue weighted by Gasteiger charge is 2.22. The number of rotatable bonds is 1. The third kappa shape index (κ3) is 2.35. The average Bonchev–Trinajstić information content (AvgIpc) is 2.54. The van der Waals surface area contributed by atoms with Crippen LogP contribution in [0.15, 0.2) is 24.5 Å². The third-order valence-electron chi connectivity index (χ3n) is 1.66. The first kappa shape index (κ1) is 10.3. The van der Waals surface area contributed by atoms with Gasteiger partial charge in [0.15, 0.2) is 0 Å². The monoisotopic (exact) mass is 216 g/mol. The molecule has 1 aliphatic rings. The standard InChI is InChI=1S/C8H8N2OS.ClH/c11-7-5-12-8(10-7)6-2-1-3-9-4-6;/h1-4,8H,5H2,(H,10,11);1H. The van der Waals surface area contributed by atoms with Crippen molar-refractivity contribution in [1.29, 1.82) is 0 Å². The van der Waals surface area contributed by atoms with Crippen LogP contribution in [0.3, 0.4) is 0 Å². The van der Waals surface area contributed by atoms with E-state index in [9.17, 15) is 4.79 Å². The molecule has 1 amide bonds. The molecule has 0 radical (unpaired) electrons. The first-order valence-corrected chi connectivity index (χ1v) is 4.72. The fraction of sp³-hybridized carbons (Fsp3) is 0.250. The van der Waals surface area contributed by atoms with Crippen molar-refractivity contribution in [2.24, 2.45) is 0 Å². The molecule has 0 spiro atoms. The fourth-order valence-corrected chi connectivity index (χ4v) is 2.05. The van der Waals surface area contributed by atoms with Gasteiger partial charge in [-0.05, 0) is 6.07 Å². The number of pyridine rings is 1. The molecular formula is C8H9ClN2OS. The minimum atomic E-state index is 0. The van der Waals surface area contributed by atoms with Gasteiger partial charge in [-0.15, -0.1) is 24.2 Å². The van der Waals surface area contributed by atoms with Crippen molar-refractivity contribution >= 4 is 30.1 Å². The minimum Gasteiger partial charge on any atom is -0.339 e. The van der Waals surface area contributed by atoms with Crippen molar-refractivity contribution in [3.63, 3.8) is 0 Å². The lowest BCUT2D eigenvalue weighted by Gasteiger charge is -2.07. The molecular weight excluding hydrogens is 208 g/mol. The summed E-state index contributed by atoms with van der Waals surface area (Å²) in [5.74, 6) is 0.661. The molecule has 1 atom stereocenters. The topological polar surface area (TPSA) is 42.0 Å². The quantitative estimate of drug-likeness (QED) is 0.771.